The summed E-state index contributed by atoms with van der Waals surface area (Å²) < 4.78 is 5.68. The quantitative estimate of drug-likeness (QED) is 0.847. The molecule has 0 bridgehead atoms. The lowest BCUT2D eigenvalue weighted by Gasteiger charge is -2.37. The molecule has 1 aliphatic rings. The van der Waals surface area contributed by atoms with Gasteiger partial charge >= 0.3 is 0 Å². The Kier molecular flexibility index (Phi) is 3.62. The number of nitrogens with two attached hydrogens (primary N) is 1. The predicted molar refractivity (Wildman–Crippen MR) is 66.6 cm³/mol. The molecule has 1 aliphatic heterocycles. The zero-order chi connectivity index (χ0) is 11.4. The number of rotatable bonds is 3. The fourth-order valence-electron chi connectivity index (χ4n) is 2.67. The smallest absolute Gasteiger partial charge is 0.0563 e. The van der Waals surface area contributed by atoms with Crippen LogP contribution in [0.3, 0.4) is 0 Å². The van der Waals surface area contributed by atoms with E-state index in [1.54, 1.807) is 0 Å². The minimum atomic E-state index is 0.166. The number of benzene rings is 1. The van der Waals surface area contributed by atoms with Crippen molar-refractivity contribution in [2.24, 2.45) is 5.73 Å². The fourth-order valence-corrected chi connectivity index (χ4v) is 2.67. The third-order valence-corrected chi connectivity index (χ3v) is 3.58. The van der Waals surface area contributed by atoms with Crippen molar-refractivity contribution in [1.29, 1.82) is 0 Å². The van der Waals surface area contributed by atoms with Crippen molar-refractivity contribution in [3.63, 3.8) is 0 Å². The van der Waals surface area contributed by atoms with E-state index >= 15 is 0 Å². The van der Waals surface area contributed by atoms with Gasteiger partial charge in [0.1, 0.15) is 0 Å². The van der Waals surface area contributed by atoms with Gasteiger partial charge in [-0.2, -0.15) is 0 Å². The maximum atomic E-state index is 5.76. The van der Waals surface area contributed by atoms with Gasteiger partial charge in [0.2, 0.25) is 0 Å². The first-order chi connectivity index (χ1) is 7.77. The van der Waals surface area contributed by atoms with Crippen LogP contribution in [0.4, 0.5) is 0 Å². The lowest BCUT2D eigenvalue weighted by molar-refractivity contribution is 0.0312. The molecule has 0 spiro atoms. The highest BCUT2D eigenvalue weighted by atomic mass is 16.5. The fraction of sp³-hybridized carbons (Fsp3) is 0.571. The van der Waals surface area contributed by atoms with Crippen molar-refractivity contribution in [3.8, 4) is 0 Å². The van der Waals surface area contributed by atoms with Gasteiger partial charge in [-0.1, -0.05) is 29.8 Å². The van der Waals surface area contributed by atoms with Crippen LogP contribution in [0, 0.1) is 6.92 Å². The summed E-state index contributed by atoms with van der Waals surface area (Å²) >= 11 is 0. The van der Waals surface area contributed by atoms with E-state index in [0.717, 1.165) is 32.6 Å². The van der Waals surface area contributed by atoms with Crippen molar-refractivity contribution in [2.75, 3.05) is 19.8 Å². The third-order valence-electron chi connectivity index (χ3n) is 3.58. The van der Waals surface area contributed by atoms with Crippen LogP contribution in [0.5, 0.6) is 0 Å². The van der Waals surface area contributed by atoms with Crippen molar-refractivity contribution in [3.05, 3.63) is 35.4 Å². The first kappa shape index (κ1) is 11.6. The van der Waals surface area contributed by atoms with Crippen LogP contribution in [0.2, 0.25) is 0 Å². The van der Waals surface area contributed by atoms with Crippen LogP contribution in [-0.2, 0) is 10.2 Å². The minimum absolute atomic E-state index is 0.166. The molecule has 0 saturated carbocycles. The Morgan fingerprint density at radius 3 is 2.94 bits per heavy atom. The first-order valence-corrected chi connectivity index (χ1v) is 6.12. The van der Waals surface area contributed by atoms with Gasteiger partial charge in [0.05, 0.1) is 6.61 Å². The molecule has 1 fully saturated rings. The molecule has 1 unspecified atom stereocenters. The van der Waals surface area contributed by atoms with Crippen molar-refractivity contribution >= 4 is 0 Å². The highest BCUT2D eigenvalue weighted by Gasteiger charge is 2.33. The first-order valence-electron chi connectivity index (χ1n) is 6.12. The molecule has 1 atom stereocenters. The molecule has 16 heavy (non-hydrogen) atoms. The molecule has 0 radical (unpaired) electrons. The molecule has 2 N–H and O–H groups in total. The Labute approximate surface area is 97.8 Å². The molecule has 1 saturated heterocycles. The van der Waals surface area contributed by atoms with Crippen molar-refractivity contribution in [1.82, 2.24) is 0 Å². The van der Waals surface area contributed by atoms with Crippen LogP contribution in [0.1, 0.15) is 30.4 Å². The highest BCUT2D eigenvalue weighted by molar-refractivity contribution is 5.30. The second kappa shape index (κ2) is 4.98. The number of ether oxygens (including phenoxy) is 1. The molecule has 88 valence electrons. The molecule has 2 rings (SSSR count). The maximum Gasteiger partial charge on any atom is 0.0563 e. The molecular weight excluding hydrogens is 198 g/mol. The maximum absolute atomic E-state index is 5.76. The monoisotopic (exact) mass is 219 g/mol. The normalized spacial score (nSPS) is 25.6. The summed E-state index contributed by atoms with van der Waals surface area (Å²) in [6.07, 6.45) is 3.37. The zero-order valence-electron chi connectivity index (χ0n) is 10.0. The lowest BCUT2D eigenvalue weighted by Crippen LogP contribution is -2.38. The summed E-state index contributed by atoms with van der Waals surface area (Å²) in [7, 11) is 0. The number of aryl methyl sites for hydroxylation is 1. The minimum Gasteiger partial charge on any atom is -0.381 e. The SMILES string of the molecule is Cc1cccc(C2(CCN)CCCOC2)c1. The summed E-state index contributed by atoms with van der Waals surface area (Å²) in [5.74, 6) is 0. The van der Waals surface area contributed by atoms with E-state index in [1.807, 2.05) is 0 Å². The summed E-state index contributed by atoms with van der Waals surface area (Å²) in [6.45, 7) is 4.60. The Hall–Kier alpha value is -0.860. The van der Waals surface area contributed by atoms with E-state index in [1.165, 1.54) is 17.5 Å². The van der Waals surface area contributed by atoms with Crippen LogP contribution in [0.25, 0.3) is 0 Å². The van der Waals surface area contributed by atoms with Gasteiger partial charge in [-0.3, -0.25) is 0 Å². The van der Waals surface area contributed by atoms with Crippen LogP contribution >= 0.6 is 0 Å². The summed E-state index contributed by atoms with van der Waals surface area (Å²) in [5, 5.41) is 0. The standard InChI is InChI=1S/C14H21NO/c1-12-4-2-5-13(10-12)14(7-8-15)6-3-9-16-11-14/h2,4-5,10H,3,6-9,11,15H2,1H3. The van der Waals surface area contributed by atoms with Gasteiger partial charge in [-0.15, -0.1) is 0 Å². The largest absolute Gasteiger partial charge is 0.381 e. The van der Waals surface area contributed by atoms with Gasteiger partial charge in [-0.25, -0.2) is 0 Å². The summed E-state index contributed by atoms with van der Waals surface area (Å²) in [6, 6.07) is 8.78. The molecule has 0 amide bonds. The molecule has 1 aromatic carbocycles. The van der Waals surface area contributed by atoms with Gasteiger partial charge in [0, 0.05) is 12.0 Å². The highest BCUT2D eigenvalue weighted by Crippen LogP contribution is 2.36. The third kappa shape index (κ3) is 2.28. The van der Waals surface area contributed by atoms with Gasteiger partial charge in [-0.05, 0) is 38.3 Å². The lowest BCUT2D eigenvalue weighted by atomic mass is 9.73. The van der Waals surface area contributed by atoms with E-state index in [9.17, 15) is 0 Å². The predicted octanol–water partition coefficient (Wildman–Crippen LogP) is 2.39. The number of hydrogen-bond donors (Lipinski definition) is 1. The van der Waals surface area contributed by atoms with Crippen LogP contribution < -0.4 is 5.73 Å². The van der Waals surface area contributed by atoms with E-state index in [2.05, 4.69) is 31.2 Å². The van der Waals surface area contributed by atoms with Gasteiger partial charge < -0.3 is 10.5 Å². The molecular formula is C14H21NO. The molecule has 2 nitrogen and oxygen atoms in total. The molecule has 1 heterocycles. The molecule has 2 heteroatoms. The zero-order valence-corrected chi connectivity index (χ0v) is 10.0. The van der Waals surface area contributed by atoms with E-state index < -0.39 is 0 Å². The van der Waals surface area contributed by atoms with Gasteiger partial charge in [0.15, 0.2) is 0 Å². The molecule has 1 aromatic rings. The van der Waals surface area contributed by atoms with Gasteiger partial charge in [0.25, 0.3) is 0 Å². The Morgan fingerprint density at radius 1 is 1.44 bits per heavy atom. The molecule has 0 aliphatic carbocycles. The van der Waals surface area contributed by atoms with E-state index in [0.29, 0.717) is 0 Å². The Balaban J connectivity index is 2.30. The Morgan fingerprint density at radius 2 is 2.31 bits per heavy atom. The van der Waals surface area contributed by atoms with E-state index in [4.69, 9.17) is 10.5 Å². The second-order valence-corrected chi connectivity index (χ2v) is 4.84. The topological polar surface area (TPSA) is 35.2 Å². The second-order valence-electron chi connectivity index (χ2n) is 4.84. The van der Waals surface area contributed by atoms with Crippen molar-refractivity contribution < 1.29 is 4.74 Å². The molecule has 0 aromatic heterocycles. The van der Waals surface area contributed by atoms with Crippen molar-refractivity contribution in [2.45, 2.75) is 31.6 Å². The Bertz CT molecular complexity index is 337. The van der Waals surface area contributed by atoms with Crippen LogP contribution in [0.15, 0.2) is 24.3 Å². The average Bonchev–Trinajstić information content (AvgIpc) is 2.31. The van der Waals surface area contributed by atoms with Crippen LogP contribution in [-0.4, -0.2) is 19.8 Å². The summed E-state index contributed by atoms with van der Waals surface area (Å²) in [4.78, 5) is 0. The van der Waals surface area contributed by atoms with E-state index in [-0.39, 0.29) is 5.41 Å². The average molecular weight is 219 g/mol. The summed E-state index contributed by atoms with van der Waals surface area (Å²) in [5.41, 5.74) is 8.65. The number of hydrogen-bond acceptors (Lipinski definition) is 2.